The van der Waals surface area contributed by atoms with E-state index in [1.165, 1.54) is 228 Å². The largest absolute Gasteiger partial charge is 0.0654 e. The predicted molar refractivity (Wildman–Crippen MR) is 394 cm³/mol. The van der Waals surface area contributed by atoms with E-state index >= 15 is 0 Å². The molecule has 0 radical (unpaired) electrons. The standard InChI is InChI=1S/C91H90/c1-7-13-29-53-90(54-30-14-8-2)80-44-28-26-34-66(80)68-49-45-61(57-82(68)90)62-46-50-69-70-52-48-64(60-84(70)91(83(69)58-62,55-31-15-9-3)56-32-16-10-4)86-73-37-19-23-41-77(73)88(78-42-24-20-38-74(78)86)87-75-39-21-17-35-71(75)85(72-36-18-22-40-76(72)87)63-47-51-67-65-33-25-27-43-79(65)89(11-5,12-6)81(67)59-63/h17-28,33-52,57-60H,7-16,29-32,53-56H2,1-6H3. The van der Waals surface area contributed by atoms with Crippen molar-refractivity contribution >= 4 is 43.1 Å². The van der Waals surface area contributed by atoms with E-state index in [9.17, 15) is 0 Å². The summed E-state index contributed by atoms with van der Waals surface area (Å²) < 4.78 is 0. The van der Waals surface area contributed by atoms with Crippen LogP contribution in [0.1, 0.15) is 190 Å². The molecule has 0 spiro atoms. The molecule has 0 amide bonds. The van der Waals surface area contributed by atoms with E-state index in [0.29, 0.717) is 0 Å². The third kappa shape index (κ3) is 9.34. The van der Waals surface area contributed by atoms with Gasteiger partial charge in [-0.25, -0.2) is 0 Å². The number of rotatable bonds is 22. The average molecular weight is 1180 g/mol. The second kappa shape index (κ2) is 24.4. The lowest BCUT2D eigenvalue weighted by molar-refractivity contribution is 0.405. The molecule has 12 aromatic rings. The van der Waals surface area contributed by atoms with E-state index in [0.717, 1.165) is 25.7 Å². The number of hydrogen-bond donors (Lipinski definition) is 0. The van der Waals surface area contributed by atoms with Crippen LogP contribution in [0.15, 0.2) is 218 Å². The Balaban J connectivity index is 0.898. The molecule has 3 aliphatic rings. The van der Waals surface area contributed by atoms with Crippen molar-refractivity contribution < 1.29 is 0 Å². The predicted octanol–water partition coefficient (Wildman–Crippen LogP) is 26.9. The van der Waals surface area contributed by atoms with Crippen molar-refractivity contribution in [3.8, 4) is 77.9 Å². The van der Waals surface area contributed by atoms with Gasteiger partial charge in [-0.1, -0.05) is 313 Å². The number of fused-ring (bicyclic) bond motifs is 13. The SMILES string of the molecule is CCCCCC1(CCCCC)c2ccccc2-c2ccc(-c3ccc4c(c3)C(CCCCC)(CCCCC)c3cc(-c5c6ccccc6c(-c6c7ccccc7c(-c7ccc8c(c7)C(CC)(CC)c7ccccc7-8)c7ccccc67)c6ccccc56)ccc3-4)cc21. The molecule has 3 aliphatic carbocycles. The molecule has 0 atom stereocenters. The van der Waals surface area contributed by atoms with Gasteiger partial charge in [0.25, 0.3) is 0 Å². The summed E-state index contributed by atoms with van der Waals surface area (Å²) in [6, 6.07) is 86.7. The van der Waals surface area contributed by atoms with E-state index in [1.54, 1.807) is 16.7 Å². The monoisotopic (exact) mass is 1180 g/mol. The summed E-state index contributed by atoms with van der Waals surface area (Å²) in [7, 11) is 0. The molecule has 0 nitrogen and oxygen atoms in total. The lowest BCUT2D eigenvalue weighted by Crippen LogP contribution is -2.26. The van der Waals surface area contributed by atoms with Gasteiger partial charge in [0, 0.05) is 16.2 Å². The topological polar surface area (TPSA) is 0 Å². The number of unbranched alkanes of at least 4 members (excludes halogenated alkanes) is 8. The molecule has 0 fully saturated rings. The first-order chi connectivity index (χ1) is 44.9. The fraction of sp³-hybridized carbons (Fsp3) is 0.297. The first-order valence-electron chi connectivity index (χ1n) is 35.5. The molecule has 0 heteroatoms. The summed E-state index contributed by atoms with van der Waals surface area (Å²) in [6.07, 6.45) is 21.8. The minimum Gasteiger partial charge on any atom is -0.0654 e. The highest BCUT2D eigenvalue weighted by Crippen LogP contribution is 2.60. The molecule has 12 aromatic carbocycles. The summed E-state index contributed by atoms with van der Waals surface area (Å²) in [5, 5.41) is 10.4. The molecular weight excluding hydrogens is 1090 g/mol. The minimum absolute atomic E-state index is 0.0163. The maximum absolute atomic E-state index is 2.70. The van der Waals surface area contributed by atoms with Crippen molar-refractivity contribution in [3.05, 3.63) is 252 Å². The Labute approximate surface area is 542 Å². The fourth-order valence-electron chi connectivity index (χ4n) is 18.5. The zero-order valence-electron chi connectivity index (χ0n) is 55.0. The lowest BCUT2D eigenvalue weighted by atomic mass is 9.69. The van der Waals surface area contributed by atoms with Crippen LogP contribution in [0, 0.1) is 0 Å². The van der Waals surface area contributed by atoms with E-state index in [1.807, 2.05) is 0 Å². The van der Waals surface area contributed by atoms with Crippen LogP contribution in [0.2, 0.25) is 0 Å². The van der Waals surface area contributed by atoms with Crippen molar-refractivity contribution in [1.29, 1.82) is 0 Å². The second-order valence-corrected chi connectivity index (χ2v) is 27.6. The molecule has 0 heterocycles. The Hall–Kier alpha value is -8.32. The van der Waals surface area contributed by atoms with Crippen LogP contribution in [0.4, 0.5) is 0 Å². The van der Waals surface area contributed by atoms with Gasteiger partial charge >= 0.3 is 0 Å². The molecule has 91 heavy (non-hydrogen) atoms. The van der Waals surface area contributed by atoms with Crippen LogP contribution in [0.5, 0.6) is 0 Å². The van der Waals surface area contributed by atoms with Crippen molar-refractivity contribution in [2.45, 2.75) is 173 Å². The third-order valence-electron chi connectivity index (χ3n) is 23.0. The van der Waals surface area contributed by atoms with Crippen molar-refractivity contribution in [3.63, 3.8) is 0 Å². The quantitative estimate of drug-likeness (QED) is 0.0469. The average Bonchev–Trinajstić information content (AvgIpc) is 1.48. The maximum atomic E-state index is 2.70. The van der Waals surface area contributed by atoms with Crippen LogP contribution in [0.3, 0.4) is 0 Å². The summed E-state index contributed by atoms with van der Waals surface area (Å²) >= 11 is 0. The Morgan fingerprint density at radius 1 is 0.209 bits per heavy atom. The molecular formula is C91H90. The Bertz CT molecular complexity index is 4610. The van der Waals surface area contributed by atoms with E-state index in [-0.39, 0.29) is 16.2 Å². The van der Waals surface area contributed by atoms with Gasteiger partial charge in [0.05, 0.1) is 0 Å². The van der Waals surface area contributed by atoms with E-state index < -0.39 is 0 Å². The van der Waals surface area contributed by atoms with E-state index in [4.69, 9.17) is 0 Å². The van der Waals surface area contributed by atoms with Crippen LogP contribution >= 0.6 is 0 Å². The van der Waals surface area contributed by atoms with Crippen LogP contribution in [-0.2, 0) is 16.2 Å². The van der Waals surface area contributed by atoms with Crippen LogP contribution in [-0.4, -0.2) is 0 Å². The number of hydrogen-bond acceptors (Lipinski definition) is 0. The fourth-order valence-corrected chi connectivity index (χ4v) is 18.5. The molecule has 0 saturated heterocycles. The van der Waals surface area contributed by atoms with Gasteiger partial charge in [0.15, 0.2) is 0 Å². The molecule has 0 N–H and O–H groups in total. The molecule has 0 aliphatic heterocycles. The maximum Gasteiger partial charge on any atom is 0.0215 e. The van der Waals surface area contributed by atoms with Gasteiger partial charge in [0.1, 0.15) is 0 Å². The Kier molecular flexibility index (Phi) is 15.8. The first kappa shape index (κ1) is 59.0. The van der Waals surface area contributed by atoms with Crippen LogP contribution in [0.25, 0.3) is 121 Å². The summed E-state index contributed by atoms with van der Waals surface area (Å²) in [5.74, 6) is 0. The summed E-state index contributed by atoms with van der Waals surface area (Å²) in [6.45, 7) is 14.2. The van der Waals surface area contributed by atoms with Gasteiger partial charge in [-0.3, -0.25) is 0 Å². The zero-order valence-corrected chi connectivity index (χ0v) is 55.0. The first-order valence-corrected chi connectivity index (χ1v) is 35.5. The van der Waals surface area contributed by atoms with Gasteiger partial charge in [-0.05, 0) is 217 Å². The molecule has 0 bridgehead atoms. The van der Waals surface area contributed by atoms with Gasteiger partial charge in [0.2, 0.25) is 0 Å². The summed E-state index contributed by atoms with van der Waals surface area (Å²) in [4.78, 5) is 0. The highest BCUT2D eigenvalue weighted by atomic mass is 14.5. The summed E-state index contributed by atoms with van der Waals surface area (Å²) in [5.41, 5.74) is 28.3. The van der Waals surface area contributed by atoms with Gasteiger partial charge in [-0.15, -0.1) is 0 Å². The molecule has 454 valence electrons. The van der Waals surface area contributed by atoms with Crippen molar-refractivity contribution in [1.82, 2.24) is 0 Å². The smallest absolute Gasteiger partial charge is 0.0215 e. The molecule has 0 unspecified atom stereocenters. The van der Waals surface area contributed by atoms with Crippen LogP contribution < -0.4 is 0 Å². The van der Waals surface area contributed by atoms with Crippen molar-refractivity contribution in [2.24, 2.45) is 0 Å². The van der Waals surface area contributed by atoms with E-state index in [2.05, 4.69) is 260 Å². The highest BCUT2D eigenvalue weighted by molar-refractivity contribution is 6.30. The minimum atomic E-state index is -0.111. The molecule has 0 saturated carbocycles. The second-order valence-electron chi connectivity index (χ2n) is 27.6. The molecule has 15 rings (SSSR count). The Morgan fingerprint density at radius 2 is 0.451 bits per heavy atom. The third-order valence-corrected chi connectivity index (χ3v) is 23.0. The zero-order chi connectivity index (χ0) is 61.8. The number of benzene rings is 12. The van der Waals surface area contributed by atoms with Crippen molar-refractivity contribution in [2.75, 3.05) is 0 Å². The highest BCUT2D eigenvalue weighted by Gasteiger charge is 2.45. The molecule has 0 aromatic heterocycles. The lowest BCUT2D eigenvalue weighted by Gasteiger charge is -2.34. The van der Waals surface area contributed by atoms with Gasteiger partial charge < -0.3 is 0 Å². The van der Waals surface area contributed by atoms with Gasteiger partial charge in [-0.2, -0.15) is 0 Å². The Morgan fingerprint density at radius 3 is 0.769 bits per heavy atom. The normalized spacial score (nSPS) is 14.4.